The van der Waals surface area contributed by atoms with Gasteiger partial charge in [0.2, 0.25) is 0 Å². The number of carbonyl (C=O) groups excluding carboxylic acids is 1. The van der Waals surface area contributed by atoms with E-state index in [1.807, 2.05) is 11.4 Å². The minimum absolute atomic E-state index is 0.0471. The van der Waals surface area contributed by atoms with E-state index in [1.165, 1.54) is 6.42 Å². The summed E-state index contributed by atoms with van der Waals surface area (Å²) < 4.78 is 1.00. The molecule has 14 heavy (non-hydrogen) atoms. The van der Waals surface area contributed by atoms with Crippen LogP contribution in [0, 0.1) is 0 Å². The lowest BCUT2D eigenvalue weighted by Crippen LogP contribution is -2.50. The van der Waals surface area contributed by atoms with E-state index >= 15 is 0 Å². The van der Waals surface area contributed by atoms with Crippen LogP contribution in [0.3, 0.4) is 0 Å². The number of hydrogen-bond donors (Lipinski definition) is 1. The van der Waals surface area contributed by atoms with Crippen molar-refractivity contribution < 1.29 is 4.79 Å². The zero-order valence-electron chi connectivity index (χ0n) is 7.97. The highest BCUT2D eigenvalue weighted by Crippen LogP contribution is 2.31. The first-order chi connectivity index (χ1) is 6.59. The van der Waals surface area contributed by atoms with Crippen LogP contribution in [0.5, 0.6) is 0 Å². The number of carbonyl (C=O) groups is 1. The zero-order valence-corrected chi connectivity index (χ0v) is 10.4. The predicted molar refractivity (Wildman–Crippen MR) is 61.7 cm³/mol. The SMILES string of the molecule is CC1(NC(=O)c2csc(Br)c2)CCC1. The van der Waals surface area contributed by atoms with Gasteiger partial charge in [-0.1, -0.05) is 0 Å². The van der Waals surface area contributed by atoms with E-state index < -0.39 is 0 Å². The molecular formula is C10H12BrNOS. The first kappa shape index (κ1) is 10.2. The molecular weight excluding hydrogens is 262 g/mol. The average Bonchev–Trinajstić information content (AvgIpc) is 2.49. The minimum Gasteiger partial charge on any atom is -0.347 e. The van der Waals surface area contributed by atoms with Gasteiger partial charge in [0.25, 0.3) is 5.91 Å². The molecule has 1 amide bonds. The van der Waals surface area contributed by atoms with Crippen molar-refractivity contribution in [1.29, 1.82) is 0 Å². The topological polar surface area (TPSA) is 29.1 Å². The van der Waals surface area contributed by atoms with Crippen LogP contribution in [0.1, 0.15) is 36.5 Å². The molecule has 0 atom stereocenters. The Labute approximate surface area is 95.8 Å². The average molecular weight is 274 g/mol. The zero-order chi connectivity index (χ0) is 10.2. The van der Waals surface area contributed by atoms with Crippen LogP contribution < -0.4 is 5.32 Å². The maximum absolute atomic E-state index is 11.7. The van der Waals surface area contributed by atoms with Gasteiger partial charge in [0.15, 0.2) is 0 Å². The Morgan fingerprint density at radius 1 is 1.64 bits per heavy atom. The van der Waals surface area contributed by atoms with Crippen LogP contribution in [0.4, 0.5) is 0 Å². The molecule has 0 unspecified atom stereocenters. The third-order valence-corrected chi connectivity index (χ3v) is 4.21. The van der Waals surface area contributed by atoms with E-state index in [0.717, 1.165) is 22.2 Å². The smallest absolute Gasteiger partial charge is 0.252 e. The Bertz CT molecular complexity index is 357. The first-order valence-electron chi connectivity index (χ1n) is 4.66. The van der Waals surface area contributed by atoms with Gasteiger partial charge in [-0.05, 0) is 48.2 Å². The molecule has 0 aliphatic heterocycles. The third kappa shape index (κ3) is 2.01. The number of hydrogen-bond acceptors (Lipinski definition) is 2. The van der Waals surface area contributed by atoms with E-state index in [-0.39, 0.29) is 11.4 Å². The minimum atomic E-state index is 0.0471. The first-order valence-corrected chi connectivity index (χ1v) is 6.33. The molecule has 4 heteroatoms. The van der Waals surface area contributed by atoms with E-state index in [2.05, 4.69) is 28.2 Å². The quantitative estimate of drug-likeness (QED) is 0.881. The molecule has 0 spiro atoms. The van der Waals surface area contributed by atoms with Gasteiger partial charge in [-0.15, -0.1) is 11.3 Å². The van der Waals surface area contributed by atoms with Crippen molar-refractivity contribution >= 4 is 33.2 Å². The highest BCUT2D eigenvalue weighted by molar-refractivity contribution is 9.11. The summed E-state index contributed by atoms with van der Waals surface area (Å²) in [6.07, 6.45) is 3.43. The van der Waals surface area contributed by atoms with Crippen molar-refractivity contribution in [3.8, 4) is 0 Å². The van der Waals surface area contributed by atoms with Gasteiger partial charge in [-0.25, -0.2) is 0 Å². The summed E-state index contributed by atoms with van der Waals surface area (Å²) >= 11 is 4.89. The molecule has 1 aliphatic rings. The Morgan fingerprint density at radius 3 is 2.79 bits per heavy atom. The third-order valence-electron chi connectivity index (χ3n) is 2.70. The Hall–Kier alpha value is -0.350. The largest absolute Gasteiger partial charge is 0.347 e. The fourth-order valence-electron chi connectivity index (χ4n) is 1.61. The van der Waals surface area contributed by atoms with Crippen molar-refractivity contribution in [2.24, 2.45) is 0 Å². The molecule has 0 aromatic carbocycles. The molecule has 76 valence electrons. The van der Waals surface area contributed by atoms with Gasteiger partial charge in [0.1, 0.15) is 0 Å². The maximum atomic E-state index is 11.7. The van der Waals surface area contributed by atoms with E-state index in [4.69, 9.17) is 0 Å². The van der Waals surface area contributed by atoms with Crippen molar-refractivity contribution in [2.75, 3.05) is 0 Å². The molecule has 2 rings (SSSR count). The monoisotopic (exact) mass is 273 g/mol. The molecule has 2 nitrogen and oxygen atoms in total. The van der Waals surface area contributed by atoms with Crippen LogP contribution in [-0.2, 0) is 0 Å². The van der Waals surface area contributed by atoms with Crippen LogP contribution in [0.15, 0.2) is 15.2 Å². The highest BCUT2D eigenvalue weighted by Gasteiger charge is 2.33. The van der Waals surface area contributed by atoms with Gasteiger partial charge in [0.05, 0.1) is 9.35 Å². The summed E-state index contributed by atoms with van der Waals surface area (Å²) in [6.45, 7) is 2.11. The number of thiophene rings is 1. The molecule has 1 aromatic rings. The number of amides is 1. The molecule has 1 fully saturated rings. The van der Waals surface area contributed by atoms with Crippen LogP contribution >= 0.6 is 27.3 Å². The normalized spacial score (nSPS) is 18.7. The molecule has 1 N–H and O–H groups in total. The van der Waals surface area contributed by atoms with Crippen molar-refractivity contribution in [3.05, 3.63) is 20.8 Å². The number of rotatable bonds is 2. The summed E-state index contributed by atoms with van der Waals surface area (Å²) in [5.41, 5.74) is 0.806. The summed E-state index contributed by atoms with van der Waals surface area (Å²) in [7, 11) is 0. The van der Waals surface area contributed by atoms with Crippen molar-refractivity contribution in [1.82, 2.24) is 5.32 Å². The van der Waals surface area contributed by atoms with Gasteiger partial charge in [-0.2, -0.15) is 0 Å². The van der Waals surface area contributed by atoms with Crippen LogP contribution in [0.2, 0.25) is 0 Å². The summed E-state index contributed by atoms with van der Waals surface area (Å²) in [6, 6.07) is 1.86. The van der Waals surface area contributed by atoms with Gasteiger partial charge >= 0.3 is 0 Å². The van der Waals surface area contributed by atoms with E-state index in [9.17, 15) is 4.79 Å². The van der Waals surface area contributed by atoms with Crippen LogP contribution in [0.25, 0.3) is 0 Å². The lowest BCUT2D eigenvalue weighted by atomic mass is 9.78. The molecule has 0 radical (unpaired) electrons. The lowest BCUT2D eigenvalue weighted by Gasteiger charge is -2.39. The fourth-order valence-corrected chi connectivity index (χ4v) is 2.74. The number of halogens is 1. The maximum Gasteiger partial charge on any atom is 0.252 e. The molecule has 1 saturated carbocycles. The summed E-state index contributed by atoms with van der Waals surface area (Å²) in [5, 5.41) is 4.95. The molecule has 0 bridgehead atoms. The lowest BCUT2D eigenvalue weighted by molar-refractivity contribution is 0.0851. The van der Waals surface area contributed by atoms with Gasteiger partial charge in [0, 0.05) is 10.9 Å². The number of nitrogens with one attached hydrogen (secondary N) is 1. The van der Waals surface area contributed by atoms with E-state index in [0.29, 0.717) is 0 Å². The second kappa shape index (κ2) is 3.66. The second-order valence-electron chi connectivity index (χ2n) is 4.01. The summed E-state index contributed by atoms with van der Waals surface area (Å²) in [4.78, 5) is 11.7. The Kier molecular flexibility index (Phi) is 2.66. The summed E-state index contributed by atoms with van der Waals surface area (Å²) in [5.74, 6) is 0.0501. The molecule has 1 heterocycles. The van der Waals surface area contributed by atoms with Crippen molar-refractivity contribution in [3.63, 3.8) is 0 Å². The second-order valence-corrected chi connectivity index (χ2v) is 6.30. The Morgan fingerprint density at radius 2 is 2.36 bits per heavy atom. The van der Waals surface area contributed by atoms with Crippen molar-refractivity contribution in [2.45, 2.75) is 31.7 Å². The Balaban J connectivity index is 2.02. The molecule has 0 saturated heterocycles. The highest BCUT2D eigenvalue weighted by atomic mass is 79.9. The standard InChI is InChI=1S/C10H12BrNOS/c1-10(3-2-4-10)12-9(13)7-5-8(11)14-6-7/h5-6H,2-4H2,1H3,(H,12,13). The van der Waals surface area contributed by atoms with E-state index in [1.54, 1.807) is 11.3 Å². The molecule has 1 aliphatic carbocycles. The van der Waals surface area contributed by atoms with Gasteiger partial charge in [-0.3, -0.25) is 4.79 Å². The molecule has 1 aromatic heterocycles. The fraction of sp³-hybridized carbons (Fsp3) is 0.500. The predicted octanol–water partition coefficient (Wildman–Crippen LogP) is 3.18. The van der Waals surface area contributed by atoms with Gasteiger partial charge < -0.3 is 5.32 Å². The van der Waals surface area contributed by atoms with Crippen LogP contribution in [-0.4, -0.2) is 11.4 Å².